The Morgan fingerprint density at radius 3 is 2.76 bits per heavy atom. The smallest absolute Gasteiger partial charge is 0.231 e. The zero-order valence-electron chi connectivity index (χ0n) is 12.4. The molecule has 21 heavy (non-hydrogen) atoms. The van der Waals surface area contributed by atoms with Gasteiger partial charge in [-0.25, -0.2) is 0 Å². The van der Waals surface area contributed by atoms with Crippen LogP contribution in [-0.2, 0) is 6.54 Å². The van der Waals surface area contributed by atoms with E-state index in [1.165, 1.54) is 31.2 Å². The van der Waals surface area contributed by atoms with Crippen molar-refractivity contribution in [2.75, 3.05) is 6.79 Å². The Balaban J connectivity index is 1.40. The molecule has 2 bridgehead atoms. The van der Waals surface area contributed by atoms with Gasteiger partial charge in [-0.2, -0.15) is 0 Å². The lowest BCUT2D eigenvalue weighted by molar-refractivity contribution is 0.174. The zero-order valence-corrected chi connectivity index (χ0v) is 14.0. The lowest BCUT2D eigenvalue weighted by Gasteiger charge is -2.28. The number of rotatable bonds is 4. The molecule has 0 aromatic heterocycles. The molecule has 0 amide bonds. The first-order valence-corrected chi connectivity index (χ1v) is 8.81. The Morgan fingerprint density at radius 2 is 2.05 bits per heavy atom. The van der Waals surface area contributed by atoms with Crippen molar-refractivity contribution in [3.8, 4) is 11.5 Å². The van der Waals surface area contributed by atoms with Gasteiger partial charge in [-0.05, 0) is 61.6 Å². The van der Waals surface area contributed by atoms with E-state index < -0.39 is 0 Å². The third-order valence-electron chi connectivity index (χ3n) is 5.59. The van der Waals surface area contributed by atoms with Gasteiger partial charge in [0.1, 0.15) is 0 Å². The monoisotopic (exact) mass is 351 g/mol. The van der Waals surface area contributed by atoms with Gasteiger partial charge in [0.2, 0.25) is 6.79 Å². The molecule has 0 spiro atoms. The van der Waals surface area contributed by atoms with Crippen molar-refractivity contribution in [1.29, 1.82) is 0 Å². The van der Waals surface area contributed by atoms with Crippen molar-refractivity contribution >= 4 is 15.9 Å². The molecule has 0 radical (unpaired) electrons. The van der Waals surface area contributed by atoms with Crippen LogP contribution in [0.15, 0.2) is 16.6 Å². The highest BCUT2D eigenvalue weighted by Crippen LogP contribution is 2.49. The van der Waals surface area contributed by atoms with Crippen LogP contribution in [0.3, 0.4) is 0 Å². The molecule has 4 heteroatoms. The van der Waals surface area contributed by atoms with Crippen LogP contribution in [0.2, 0.25) is 0 Å². The fourth-order valence-corrected chi connectivity index (χ4v) is 4.89. The number of hydrogen-bond donors (Lipinski definition) is 1. The first kappa shape index (κ1) is 13.9. The predicted molar refractivity (Wildman–Crippen MR) is 85.5 cm³/mol. The van der Waals surface area contributed by atoms with E-state index >= 15 is 0 Å². The number of ether oxygens (including phenoxy) is 2. The molecule has 3 nitrogen and oxygen atoms in total. The van der Waals surface area contributed by atoms with Crippen LogP contribution in [0.1, 0.15) is 38.2 Å². The van der Waals surface area contributed by atoms with E-state index in [0.717, 1.165) is 40.3 Å². The van der Waals surface area contributed by atoms with E-state index in [-0.39, 0.29) is 0 Å². The summed E-state index contributed by atoms with van der Waals surface area (Å²) >= 11 is 3.64. The maximum atomic E-state index is 5.47. The van der Waals surface area contributed by atoms with Crippen molar-refractivity contribution in [3.63, 3.8) is 0 Å². The summed E-state index contributed by atoms with van der Waals surface area (Å²) in [5.74, 6) is 4.56. The molecule has 2 aliphatic carbocycles. The lowest BCUT2D eigenvalue weighted by Crippen LogP contribution is -2.35. The number of benzene rings is 1. The Morgan fingerprint density at radius 1 is 1.24 bits per heavy atom. The molecule has 4 rings (SSSR count). The molecule has 1 aromatic rings. The highest BCUT2D eigenvalue weighted by Gasteiger charge is 2.41. The van der Waals surface area contributed by atoms with Crippen LogP contribution in [0, 0.1) is 17.8 Å². The third kappa shape index (κ3) is 2.57. The van der Waals surface area contributed by atoms with Crippen molar-refractivity contribution in [2.45, 2.75) is 45.2 Å². The highest BCUT2D eigenvalue weighted by atomic mass is 79.9. The minimum absolute atomic E-state index is 0.334. The van der Waals surface area contributed by atoms with Gasteiger partial charge in [0.25, 0.3) is 0 Å². The second kappa shape index (κ2) is 5.47. The zero-order chi connectivity index (χ0) is 14.4. The van der Waals surface area contributed by atoms with Gasteiger partial charge >= 0.3 is 0 Å². The summed E-state index contributed by atoms with van der Waals surface area (Å²) < 4.78 is 12.0. The standard InChI is InChI=1S/C17H22BrNO2/c1-10(14-5-11-2-3-12(14)4-11)19-8-13-6-16-17(7-15(13)18)21-9-20-16/h6-7,10-12,14,19H,2-5,8-9H2,1H3. The summed E-state index contributed by atoms with van der Waals surface area (Å²) in [4.78, 5) is 0. The molecular formula is C17H22BrNO2. The molecule has 2 saturated carbocycles. The first-order chi connectivity index (χ1) is 10.2. The van der Waals surface area contributed by atoms with E-state index in [1.807, 2.05) is 6.07 Å². The normalized spacial score (nSPS) is 30.9. The van der Waals surface area contributed by atoms with E-state index in [1.54, 1.807) is 0 Å². The minimum Gasteiger partial charge on any atom is -0.454 e. The average molecular weight is 352 g/mol. The fraction of sp³-hybridized carbons (Fsp3) is 0.647. The molecule has 1 aromatic carbocycles. The largest absolute Gasteiger partial charge is 0.454 e. The third-order valence-corrected chi connectivity index (χ3v) is 6.33. The summed E-state index contributed by atoms with van der Waals surface area (Å²) in [5.41, 5.74) is 1.24. The van der Waals surface area contributed by atoms with Crippen LogP contribution in [-0.4, -0.2) is 12.8 Å². The molecule has 0 saturated heterocycles. The molecule has 3 aliphatic rings. The second-order valence-corrected chi connectivity index (χ2v) is 7.66. The van der Waals surface area contributed by atoms with E-state index in [9.17, 15) is 0 Å². The summed E-state index contributed by atoms with van der Waals surface area (Å²) in [6.07, 6.45) is 5.84. The first-order valence-electron chi connectivity index (χ1n) is 8.02. The van der Waals surface area contributed by atoms with E-state index in [4.69, 9.17) is 9.47 Å². The molecular weight excluding hydrogens is 330 g/mol. The van der Waals surface area contributed by atoms with Gasteiger partial charge in [0.15, 0.2) is 11.5 Å². The van der Waals surface area contributed by atoms with Crippen LogP contribution in [0.25, 0.3) is 0 Å². The number of halogens is 1. The molecule has 2 fully saturated rings. The quantitative estimate of drug-likeness (QED) is 0.885. The lowest BCUT2D eigenvalue weighted by atomic mass is 9.84. The van der Waals surface area contributed by atoms with Crippen LogP contribution in [0.5, 0.6) is 11.5 Å². The van der Waals surface area contributed by atoms with Gasteiger partial charge in [-0.15, -0.1) is 0 Å². The van der Waals surface area contributed by atoms with Gasteiger partial charge in [-0.3, -0.25) is 0 Å². The van der Waals surface area contributed by atoms with E-state index in [2.05, 4.69) is 34.2 Å². The van der Waals surface area contributed by atoms with Crippen molar-refractivity contribution < 1.29 is 9.47 Å². The Hall–Kier alpha value is -0.740. The number of hydrogen-bond acceptors (Lipinski definition) is 3. The Kier molecular flexibility index (Phi) is 3.62. The molecule has 1 heterocycles. The predicted octanol–water partition coefficient (Wildman–Crippen LogP) is 4.09. The van der Waals surface area contributed by atoms with Crippen LogP contribution >= 0.6 is 15.9 Å². The van der Waals surface area contributed by atoms with Crippen molar-refractivity contribution in [2.24, 2.45) is 17.8 Å². The Labute approximate surface area is 134 Å². The summed E-state index contributed by atoms with van der Waals surface area (Å²) in [7, 11) is 0. The molecule has 4 unspecified atom stereocenters. The van der Waals surface area contributed by atoms with Crippen molar-refractivity contribution in [3.05, 3.63) is 22.2 Å². The summed E-state index contributed by atoms with van der Waals surface area (Å²) in [6.45, 7) is 3.57. The SMILES string of the molecule is CC(NCc1cc2c(cc1Br)OCO2)C1CC2CCC1C2. The maximum absolute atomic E-state index is 5.47. The number of nitrogens with one attached hydrogen (secondary N) is 1. The van der Waals surface area contributed by atoms with Crippen LogP contribution < -0.4 is 14.8 Å². The van der Waals surface area contributed by atoms with Crippen molar-refractivity contribution in [1.82, 2.24) is 5.32 Å². The fourth-order valence-electron chi connectivity index (χ4n) is 4.42. The van der Waals surface area contributed by atoms with Gasteiger partial charge in [-0.1, -0.05) is 22.4 Å². The van der Waals surface area contributed by atoms with Gasteiger partial charge < -0.3 is 14.8 Å². The molecule has 114 valence electrons. The summed E-state index contributed by atoms with van der Waals surface area (Å²) in [6, 6.07) is 4.70. The van der Waals surface area contributed by atoms with Crippen LogP contribution in [0.4, 0.5) is 0 Å². The van der Waals surface area contributed by atoms with E-state index in [0.29, 0.717) is 12.8 Å². The molecule has 1 N–H and O–H groups in total. The number of fused-ring (bicyclic) bond motifs is 3. The van der Waals surface area contributed by atoms with Gasteiger partial charge in [0.05, 0.1) is 0 Å². The summed E-state index contributed by atoms with van der Waals surface area (Å²) in [5, 5.41) is 3.73. The molecule has 1 aliphatic heterocycles. The highest BCUT2D eigenvalue weighted by molar-refractivity contribution is 9.10. The topological polar surface area (TPSA) is 30.5 Å². The Bertz CT molecular complexity index is 548. The van der Waals surface area contributed by atoms with Gasteiger partial charge in [0, 0.05) is 17.1 Å². The molecule has 4 atom stereocenters. The average Bonchev–Trinajstić information content (AvgIpc) is 3.19. The second-order valence-electron chi connectivity index (χ2n) is 6.81. The maximum Gasteiger partial charge on any atom is 0.231 e. The minimum atomic E-state index is 0.334.